The van der Waals surface area contributed by atoms with Crippen LogP contribution < -0.4 is 0 Å². The molecule has 0 unspecified atom stereocenters. The maximum atomic E-state index is 11.7. The summed E-state index contributed by atoms with van der Waals surface area (Å²) in [6.45, 7) is 1.25. The SMILES string of the molecule is C[C@H](O)[C@H]1C(=O)N2[C@@H]1S/C(=C\CO)[C@@H]2C(=O)O. The van der Waals surface area contributed by atoms with Gasteiger partial charge in [-0.2, -0.15) is 0 Å². The first-order valence-corrected chi connectivity index (χ1v) is 6.07. The Morgan fingerprint density at radius 2 is 2.29 bits per heavy atom. The van der Waals surface area contributed by atoms with Crippen LogP contribution in [0.4, 0.5) is 0 Å². The van der Waals surface area contributed by atoms with E-state index < -0.39 is 24.0 Å². The number of fused-ring (bicyclic) bond motifs is 1. The molecule has 2 fully saturated rings. The van der Waals surface area contributed by atoms with Gasteiger partial charge in [0.1, 0.15) is 0 Å². The maximum Gasteiger partial charge on any atom is 0.331 e. The van der Waals surface area contributed by atoms with Gasteiger partial charge in [-0.15, -0.1) is 11.8 Å². The molecule has 3 N–H and O–H groups in total. The predicted molar refractivity (Wildman–Crippen MR) is 60.0 cm³/mol. The van der Waals surface area contributed by atoms with Crippen LogP contribution in [0.15, 0.2) is 11.0 Å². The minimum Gasteiger partial charge on any atom is -0.479 e. The molecular formula is C10H13NO5S. The molecule has 2 aliphatic heterocycles. The number of β-lactam (4-membered cyclic amide) rings is 1. The van der Waals surface area contributed by atoms with Crippen molar-refractivity contribution < 1.29 is 24.9 Å². The van der Waals surface area contributed by atoms with Gasteiger partial charge in [0, 0.05) is 4.91 Å². The van der Waals surface area contributed by atoms with Gasteiger partial charge in [-0.1, -0.05) is 0 Å². The lowest BCUT2D eigenvalue weighted by atomic mass is 9.91. The van der Waals surface area contributed by atoms with Crippen LogP contribution in [-0.2, 0) is 9.59 Å². The standard InChI is InChI=1S/C10H13NO5S/c1-4(13)6-8(14)11-7(10(15)16)5(2-3-12)17-9(6)11/h2,4,6-7,9,12-13H,3H2,1H3,(H,15,16)/b5-2-/t4-,6-,7+,9+/m0/s1. The van der Waals surface area contributed by atoms with Gasteiger partial charge in [-0.3, -0.25) is 4.79 Å². The van der Waals surface area contributed by atoms with E-state index in [1.54, 1.807) is 0 Å². The number of hydrogen-bond donors (Lipinski definition) is 3. The smallest absolute Gasteiger partial charge is 0.331 e. The number of carboxylic acids is 1. The highest BCUT2D eigenvalue weighted by Crippen LogP contribution is 2.50. The first-order chi connectivity index (χ1) is 7.99. The number of nitrogens with zero attached hydrogens (tertiary/aromatic N) is 1. The van der Waals surface area contributed by atoms with Crippen LogP contribution in [0.3, 0.4) is 0 Å². The summed E-state index contributed by atoms with van der Waals surface area (Å²) >= 11 is 1.23. The maximum absolute atomic E-state index is 11.7. The molecule has 2 rings (SSSR count). The zero-order valence-corrected chi connectivity index (χ0v) is 9.92. The van der Waals surface area contributed by atoms with E-state index in [1.807, 2.05) is 0 Å². The van der Waals surface area contributed by atoms with Crippen molar-refractivity contribution in [2.45, 2.75) is 24.4 Å². The number of carboxylic acid groups (broad SMARTS) is 1. The lowest BCUT2D eigenvalue weighted by Crippen LogP contribution is -2.63. The van der Waals surface area contributed by atoms with E-state index >= 15 is 0 Å². The molecule has 0 aromatic heterocycles. The number of carbonyl (C=O) groups excluding carboxylic acids is 1. The van der Waals surface area contributed by atoms with E-state index in [9.17, 15) is 14.7 Å². The van der Waals surface area contributed by atoms with Crippen molar-refractivity contribution in [2.75, 3.05) is 6.61 Å². The molecule has 4 atom stereocenters. The minimum absolute atomic E-state index is 0.264. The van der Waals surface area contributed by atoms with Gasteiger partial charge in [0.2, 0.25) is 5.91 Å². The summed E-state index contributed by atoms with van der Waals surface area (Å²) in [5, 5.41) is 27.0. The lowest BCUT2D eigenvalue weighted by Gasteiger charge is -2.44. The van der Waals surface area contributed by atoms with Crippen LogP contribution in [-0.4, -0.2) is 56.2 Å². The van der Waals surface area contributed by atoms with Gasteiger partial charge in [-0.05, 0) is 13.0 Å². The normalized spacial score (nSPS) is 35.7. The third-order valence-electron chi connectivity index (χ3n) is 2.97. The zero-order chi connectivity index (χ0) is 12.7. The van der Waals surface area contributed by atoms with Crippen LogP contribution in [0.1, 0.15) is 6.92 Å². The Hall–Kier alpha value is -1.05. The van der Waals surface area contributed by atoms with Gasteiger partial charge in [0.25, 0.3) is 0 Å². The van der Waals surface area contributed by atoms with Crippen molar-refractivity contribution in [1.82, 2.24) is 4.90 Å². The van der Waals surface area contributed by atoms with Gasteiger partial charge < -0.3 is 20.2 Å². The topological polar surface area (TPSA) is 98.1 Å². The third-order valence-corrected chi connectivity index (χ3v) is 4.40. The van der Waals surface area contributed by atoms with Gasteiger partial charge in [0.15, 0.2) is 6.04 Å². The van der Waals surface area contributed by atoms with Gasteiger partial charge in [-0.25, -0.2) is 4.79 Å². The molecule has 0 aromatic carbocycles. The highest BCUT2D eigenvalue weighted by Gasteiger charge is 2.60. The fraction of sp³-hybridized carbons (Fsp3) is 0.600. The second kappa shape index (κ2) is 4.32. The number of hydrogen-bond acceptors (Lipinski definition) is 5. The molecule has 1 amide bonds. The highest BCUT2D eigenvalue weighted by atomic mass is 32.2. The number of aliphatic hydroxyl groups excluding tert-OH is 2. The molecule has 94 valence electrons. The molecule has 0 aliphatic carbocycles. The summed E-state index contributed by atoms with van der Waals surface area (Å²) in [7, 11) is 0. The van der Waals surface area contributed by atoms with Crippen LogP contribution >= 0.6 is 11.8 Å². The molecule has 0 spiro atoms. The lowest BCUT2D eigenvalue weighted by molar-refractivity contribution is -0.165. The number of aliphatic carboxylic acids is 1. The Labute approximate surface area is 102 Å². The third kappa shape index (κ3) is 1.74. The summed E-state index contributed by atoms with van der Waals surface area (Å²) in [5.74, 6) is -2.00. The summed E-state index contributed by atoms with van der Waals surface area (Å²) in [4.78, 5) is 24.6. The van der Waals surface area contributed by atoms with Crippen molar-refractivity contribution in [2.24, 2.45) is 5.92 Å². The molecule has 0 aromatic rings. The first kappa shape index (κ1) is 12.4. The summed E-state index contributed by atoms with van der Waals surface area (Å²) in [6, 6.07) is -1.01. The van der Waals surface area contributed by atoms with E-state index in [0.29, 0.717) is 4.91 Å². The van der Waals surface area contributed by atoms with E-state index in [0.717, 1.165) is 0 Å². The summed E-state index contributed by atoms with van der Waals surface area (Å²) in [5.41, 5.74) is 0. The number of carbonyl (C=O) groups is 2. The number of aliphatic hydroxyl groups is 2. The zero-order valence-electron chi connectivity index (χ0n) is 9.11. The van der Waals surface area contributed by atoms with Crippen LogP contribution in [0.5, 0.6) is 0 Å². The van der Waals surface area contributed by atoms with Crippen LogP contribution in [0.25, 0.3) is 0 Å². The largest absolute Gasteiger partial charge is 0.479 e. The van der Waals surface area contributed by atoms with E-state index in [2.05, 4.69) is 0 Å². The average Bonchev–Trinajstić information content (AvgIpc) is 2.53. The minimum atomic E-state index is -1.11. The average molecular weight is 259 g/mol. The van der Waals surface area contributed by atoms with E-state index in [4.69, 9.17) is 10.2 Å². The van der Waals surface area contributed by atoms with E-state index in [-0.39, 0.29) is 17.9 Å². The molecule has 2 saturated heterocycles. The summed E-state index contributed by atoms with van der Waals surface area (Å²) in [6.07, 6.45) is 0.605. The molecule has 2 aliphatic rings. The van der Waals surface area contributed by atoms with Gasteiger partial charge >= 0.3 is 5.97 Å². The Bertz CT molecular complexity index is 394. The van der Waals surface area contributed by atoms with Crippen LogP contribution in [0.2, 0.25) is 0 Å². The van der Waals surface area contributed by atoms with Crippen molar-refractivity contribution in [3.63, 3.8) is 0 Å². The molecular weight excluding hydrogens is 246 g/mol. The van der Waals surface area contributed by atoms with Crippen molar-refractivity contribution in [3.05, 3.63) is 11.0 Å². The molecule has 17 heavy (non-hydrogen) atoms. The Morgan fingerprint density at radius 1 is 1.65 bits per heavy atom. The summed E-state index contributed by atoms with van der Waals surface area (Å²) < 4.78 is 0. The molecule has 6 nitrogen and oxygen atoms in total. The molecule has 0 radical (unpaired) electrons. The second-order valence-corrected chi connectivity index (χ2v) is 5.24. The monoisotopic (exact) mass is 259 g/mol. The van der Waals surface area contributed by atoms with Crippen LogP contribution in [0, 0.1) is 5.92 Å². The molecule has 0 bridgehead atoms. The predicted octanol–water partition coefficient (Wildman–Crippen LogP) is -0.772. The Kier molecular flexibility index (Phi) is 3.15. The Morgan fingerprint density at radius 3 is 2.76 bits per heavy atom. The number of rotatable bonds is 3. The van der Waals surface area contributed by atoms with Crippen molar-refractivity contribution in [1.29, 1.82) is 0 Å². The molecule has 0 saturated carbocycles. The first-order valence-electron chi connectivity index (χ1n) is 5.19. The highest BCUT2D eigenvalue weighted by molar-refractivity contribution is 8.04. The van der Waals surface area contributed by atoms with Crippen molar-refractivity contribution in [3.8, 4) is 0 Å². The van der Waals surface area contributed by atoms with Gasteiger partial charge in [0.05, 0.1) is 24.0 Å². The van der Waals surface area contributed by atoms with E-state index in [1.165, 1.54) is 29.7 Å². The second-order valence-electron chi connectivity index (χ2n) is 4.05. The quantitative estimate of drug-likeness (QED) is 0.576. The number of thioether (sulfide) groups is 1. The molecule has 7 heteroatoms. The fourth-order valence-electron chi connectivity index (χ4n) is 2.19. The molecule has 2 heterocycles. The number of amides is 1. The fourth-order valence-corrected chi connectivity index (χ4v) is 3.81. The Balaban J connectivity index is 2.27. The van der Waals surface area contributed by atoms with Crippen molar-refractivity contribution >= 4 is 23.6 Å².